The van der Waals surface area contributed by atoms with Gasteiger partial charge in [0.15, 0.2) is 5.82 Å². The number of nitrogens with zero attached hydrogens (tertiary/aromatic N) is 3. The van der Waals surface area contributed by atoms with Crippen molar-refractivity contribution >= 4 is 18.1 Å². The van der Waals surface area contributed by atoms with Crippen LogP contribution in [0.1, 0.15) is 32.5 Å². The van der Waals surface area contributed by atoms with Crippen molar-refractivity contribution in [2.24, 2.45) is 5.73 Å². The summed E-state index contributed by atoms with van der Waals surface area (Å²) < 4.78 is 5.26. The lowest BCUT2D eigenvalue weighted by Crippen LogP contribution is -2.30. The zero-order chi connectivity index (χ0) is 13.9. The van der Waals surface area contributed by atoms with Gasteiger partial charge in [-0.15, -0.1) is 12.4 Å². The first-order valence-electron chi connectivity index (χ1n) is 6.42. The molecule has 5 nitrogen and oxygen atoms in total. The lowest BCUT2D eigenvalue weighted by atomic mass is 10.1. The Bertz CT molecular complexity index is 521. The number of hydrogen-bond acceptors (Lipinski definition) is 5. The molecule has 2 aromatic rings. The van der Waals surface area contributed by atoms with Gasteiger partial charge in [-0.05, 0) is 32.9 Å². The predicted octanol–water partition coefficient (Wildman–Crippen LogP) is 2.71. The second-order valence-corrected chi connectivity index (χ2v) is 5.08. The van der Waals surface area contributed by atoms with Gasteiger partial charge in [0.1, 0.15) is 0 Å². The molecule has 1 heterocycles. The molecule has 20 heavy (non-hydrogen) atoms. The first-order valence-corrected chi connectivity index (χ1v) is 6.42. The van der Waals surface area contributed by atoms with Gasteiger partial charge in [-0.25, -0.2) is 0 Å². The summed E-state index contributed by atoms with van der Waals surface area (Å²) in [5, 5.41) is 3.93. The molecule has 0 saturated heterocycles. The number of para-hydroxylation sites is 1. The third-order valence-electron chi connectivity index (χ3n) is 2.87. The second-order valence-electron chi connectivity index (χ2n) is 5.08. The molecule has 0 aliphatic rings. The van der Waals surface area contributed by atoms with E-state index in [4.69, 9.17) is 10.3 Å². The first-order chi connectivity index (χ1) is 9.00. The highest BCUT2D eigenvalue weighted by molar-refractivity contribution is 5.85. The zero-order valence-electron chi connectivity index (χ0n) is 12.0. The van der Waals surface area contributed by atoms with Crippen molar-refractivity contribution in [3.05, 3.63) is 42.0 Å². The lowest BCUT2D eigenvalue weighted by molar-refractivity contribution is 0.359. The average Bonchev–Trinajstić information content (AvgIpc) is 2.85. The standard InChI is InChI=1S/C14H20N4O.ClH/c1-4-18(11-8-6-5-7-9-11)10-12-16-13(17-19-12)14(2,3)15;/h5-9H,4,10,15H2,1-3H3;1H. The first kappa shape index (κ1) is 16.5. The highest BCUT2D eigenvalue weighted by Gasteiger charge is 2.22. The number of aromatic nitrogens is 2. The third kappa shape index (κ3) is 3.95. The van der Waals surface area contributed by atoms with Crippen LogP contribution in [-0.4, -0.2) is 16.7 Å². The van der Waals surface area contributed by atoms with Crippen LogP contribution < -0.4 is 10.6 Å². The summed E-state index contributed by atoms with van der Waals surface area (Å²) >= 11 is 0. The molecule has 0 amide bonds. The Kier molecular flexibility index (Phi) is 5.53. The van der Waals surface area contributed by atoms with Crippen LogP contribution in [-0.2, 0) is 12.1 Å². The van der Waals surface area contributed by atoms with E-state index < -0.39 is 5.54 Å². The minimum absolute atomic E-state index is 0. The van der Waals surface area contributed by atoms with Gasteiger partial charge in [-0.3, -0.25) is 0 Å². The maximum Gasteiger partial charge on any atom is 0.246 e. The van der Waals surface area contributed by atoms with Crippen LogP contribution >= 0.6 is 12.4 Å². The predicted molar refractivity (Wildman–Crippen MR) is 81.9 cm³/mol. The monoisotopic (exact) mass is 296 g/mol. The van der Waals surface area contributed by atoms with Crippen LogP contribution in [0.4, 0.5) is 5.69 Å². The Morgan fingerprint density at radius 1 is 1.25 bits per heavy atom. The van der Waals surface area contributed by atoms with Crippen LogP contribution in [0.3, 0.4) is 0 Å². The Labute approximate surface area is 125 Å². The van der Waals surface area contributed by atoms with E-state index in [-0.39, 0.29) is 12.4 Å². The fourth-order valence-corrected chi connectivity index (χ4v) is 1.77. The smallest absolute Gasteiger partial charge is 0.246 e. The summed E-state index contributed by atoms with van der Waals surface area (Å²) in [6.07, 6.45) is 0. The Balaban J connectivity index is 0.00000200. The number of anilines is 1. The molecule has 110 valence electrons. The van der Waals surface area contributed by atoms with Crippen molar-refractivity contribution in [2.45, 2.75) is 32.9 Å². The summed E-state index contributed by atoms with van der Waals surface area (Å²) in [7, 11) is 0. The fraction of sp³-hybridized carbons (Fsp3) is 0.429. The van der Waals surface area contributed by atoms with Crippen molar-refractivity contribution in [1.82, 2.24) is 10.1 Å². The molecule has 0 fully saturated rings. The Hall–Kier alpha value is -1.59. The summed E-state index contributed by atoms with van der Waals surface area (Å²) in [4.78, 5) is 6.52. The Morgan fingerprint density at radius 2 is 1.90 bits per heavy atom. The van der Waals surface area contributed by atoms with E-state index in [0.717, 1.165) is 12.2 Å². The fourth-order valence-electron chi connectivity index (χ4n) is 1.77. The average molecular weight is 297 g/mol. The third-order valence-corrected chi connectivity index (χ3v) is 2.87. The summed E-state index contributed by atoms with van der Waals surface area (Å²) in [6, 6.07) is 10.2. The summed E-state index contributed by atoms with van der Waals surface area (Å²) in [6.45, 7) is 7.27. The number of benzene rings is 1. The lowest BCUT2D eigenvalue weighted by Gasteiger charge is -2.20. The van der Waals surface area contributed by atoms with E-state index in [9.17, 15) is 0 Å². The van der Waals surface area contributed by atoms with Crippen LogP contribution in [0.5, 0.6) is 0 Å². The number of halogens is 1. The minimum Gasteiger partial charge on any atom is -0.362 e. The van der Waals surface area contributed by atoms with E-state index in [1.54, 1.807) is 0 Å². The number of nitrogens with two attached hydrogens (primary N) is 1. The summed E-state index contributed by atoms with van der Waals surface area (Å²) in [5.74, 6) is 1.12. The molecule has 0 unspecified atom stereocenters. The minimum atomic E-state index is -0.578. The molecule has 2 N–H and O–H groups in total. The van der Waals surface area contributed by atoms with Gasteiger partial charge in [-0.2, -0.15) is 4.98 Å². The van der Waals surface area contributed by atoms with Gasteiger partial charge in [0, 0.05) is 12.2 Å². The second kappa shape index (κ2) is 6.72. The van der Waals surface area contributed by atoms with Crippen LogP contribution in [0.25, 0.3) is 0 Å². The molecular weight excluding hydrogens is 276 g/mol. The van der Waals surface area contributed by atoms with Gasteiger partial charge >= 0.3 is 0 Å². The van der Waals surface area contributed by atoms with Crippen molar-refractivity contribution in [1.29, 1.82) is 0 Å². The van der Waals surface area contributed by atoms with Gasteiger partial charge < -0.3 is 15.2 Å². The molecule has 1 aromatic heterocycles. The molecule has 1 aromatic carbocycles. The highest BCUT2D eigenvalue weighted by atomic mass is 35.5. The van der Waals surface area contributed by atoms with Crippen LogP contribution in [0.2, 0.25) is 0 Å². The van der Waals surface area contributed by atoms with Crippen molar-refractivity contribution in [2.75, 3.05) is 11.4 Å². The molecule has 2 rings (SSSR count). The van der Waals surface area contributed by atoms with E-state index in [0.29, 0.717) is 18.3 Å². The van der Waals surface area contributed by atoms with Gasteiger partial charge in [0.25, 0.3) is 0 Å². The molecule has 6 heteroatoms. The molecular formula is C14H21ClN4O. The van der Waals surface area contributed by atoms with Crippen molar-refractivity contribution in [3.8, 4) is 0 Å². The Morgan fingerprint density at radius 3 is 2.40 bits per heavy atom. The molecule has 0 bridgehead atoms. The van der Waals surface area contributed by atoms with Gasteiger partial charge in [0.2, 0.25) is 5.89 Å². The molecule has 0 saturated carbocycles. The van der Waals surface area contributed by atoms with Crippen molar-refractivity contribution < 1.29 is 4.52 Å². The SMILES string of the molecule is CCN(Cc1nc(C(C)(C)N)no1)c1ccccc1.Cl. The highest BCUT2D eigenvalue weighted by Crippen LogP contribution is 2.17. The van der Waals surface area contributed by atoms with Crippen LogP contribution in [0, 0.1) is 0 Å². The molecule has 0 spiro atoms. The largest absolute Gasteiger partial charge is 0.362 e. The van der Waals surface area contributed by atoms with E-state index in [1.807, 2.05) is 32.0 Å². The van der Waals surface area contributed by atoms with E-state index >= 15 is 0 Å². The van der Waals surface area contributed by atoms with Gasteiger partial charge in [-0.1, -0.05) is 23.4 Å². The van der Waals surface area contributed by atoms with Gasteiger partial charge in [0.05, 0.1) is 12.1 Å². The van der Waals surface area contributed by atoms with E-state index in [2.05, 4.69) is 34.1 Å². The molecule has 0 aliphatic carbocycles. The zero-order valence-corrected chi connectivity index (χ0v) is 12.9. The van der Waals surface area contributed by atoms with Crippen molar-refractivity contribution in [3.63, 3.8) is 0 Å². The summed E-state index contributed by atoms with van der Waals surface area (Å²) in [5.41, 5.74) is 6.50. The van der Waals surface area contributed by atoms with Crippen LogP contribution in [0.15, 0.2) is 34.9 Å². The quantitative estimate of drug-likeness (QED) is 0.919. The number of hydrogen-bond donors (Lipinski definition) is 1. The molecule has 0 radical (unpaired) electrons. The topological polar surface area (TPSA) is 68.2 Å². The van der Waals surface area contributed by atoms with E-state index in [1.165, 1.54) is 0 Å². The number of rotatable bonds is 5. The maximum absolute atomic E-state index is 5.95. The maximum atomic E-state index is 5.95. The molecule has 0 aliphatic heterocycles. The normalized spacial score (nSPS) is 11.0. The molecule has 0 atom stereocenters.